The van der Waals surface area contributed by atoms with Crippen molar-refractivity contribution in [2.45, 2.75) is 0 Å². The number of amides is 4. The van der Waals surface area contributed by atoms with E-state index in [2.05, 4.69) is 5.32 Å². The molecule has 0 atom stereocenters. The molecule has 2 aromatic carbocycles. The number of hydrogen-bond acceptors (Lipinski definition) is 6. The molecule has 1 aliphatic rings. The fourth-order valence-corrected chi connectivity index (χ4v) is 2.87. The van der Waals surface area contributed by atoms with Crippen molar-refractivity contribution in [3.05, 3.63) is 53.6 Å². The fourth-order valence-electron chi connectivity index (χ4n) is 2.87. The molecular weight excluding hydrogens is 364 g/mol. The van der Waals surface area contributed by atoms with Crippen LogP contribution in [0.2, 0.25) is 0 Å². The Morgan fingerprint density at radius 2 is 1.54 bits per heavy atom. The second-order valence-electron chi connectivity index (χ2n) is 5.71. The number of nitrogens with one attached hydrogen (secondary N) is 1. The number of imide groups is 2. The maximum Gasteiger partial charge on any atom is 0.336 e. The normalized spacial score (nSPS) is 15.5. The lowest BCUT2D eigenvalue weighted by molar-refractivity contribution is -0.122. The highest BCUT2D eigenvalue weighted by Gasteiger charge is 2.38. The molecule has 0 radical (unpaired) electrons. The summed E-state index contributed by atoms with van der Waals surface area (Å²) in [6.45, 7) is 0. The highest BCUT2D eigenvalue weighted by atomic mass is 16.5. The Morgan fingerprint density at radius 3 is 2.21 bits per heavy atom. The number of benzene rings is 2. The first-order valence-corrected chi connectivity index (χ1v) is 8.27. The highest BCUT2D eigenvalue weighted by molar-refractivity contribution is 6.39. The maximum atomic E-state index is 13.0. The van der Waals surface area contributed by atoms with Crippen molar-refractivity contribution in [3.8, 4) is 17.2 Å². The maximum absolute atomic E-state index is 13.0. The van der Waals surface area contributed by atoms with Crippen LogP contribution in [0.15, 0.2) is 48.0 Å². The van der Waals surface area contributed by atoms with E-state index in [0.717, 1.165) is 4.90 Å². The number of carbonyl (C=O) groups is 3. The number of urea groups is 1. The molecule has 8 nitrogen and oxygen atoms in total. The number of barbiturate groups is 1. The van der Waals surface area contributed by atoms with Gasteiger partial charge in [0, 0.05) is 5.56 Å². The standard InChI is InChI=1S/C20H18N2O6/c1-26-15-9-5-4-8-14(15)22-19(24)13(18(23)21-20(22)25)11-12-7-6-10-16(27-2)17(12)28-3/h4-11H,1-3H3,(H,21,23,25)/b13-11+. The van der Waals surface area contributed by atoms with Crippen LogP contribution in [0.5, 0.6) is 17.2 Å². The minimum absolute atomic E-state index is 0.225. The van der Waals surface area contributed by atoms with Gasteiger partial charge in [0.1, 0.15) is 11.3 Å². The van der Waals surface area contributed by atoms with Gasteiger partial charge in [-0.05, 0) is 24.3 Å². The van der Waals surface area contributed by atoms with E-state index in [0.29, 0.717) is 22.8 Å². The summed E-state index contributed by atoms with van der Waals surface area (Å²) in [5, 5.41) is 2.18. The number of hydrogen-bond donors (Lipinski definition) is 1. The zero-order chi connectivity index (χ0) is 20.3. The molecule has 4 amide bonds. The predicted octanol–water partition coefficient (Wildman–Crippen LogP) is 2.38. The summed E-state index contributed by atoms with van der Waals surface area (Å²) in [6, 6.07) is 10.7. The highest BCUT2D eigenvalue weighted by Crippen LogP contribution is 2.34. The van der Waals surface area contributed by atoms with Crippen LogP contribution in [0.1, 0.15) is 5.56 Å². The number of ether oxygens (including phenoxy) is 3. The molecule has 3 rings (SSSR count). The number of rotatable bonds is 5. The van der Waals surface area contributed by atoms with Gasteiger partial charge in [-0.15, -0.1) is 0 Å². The average Bonchev–Trinajstić information content (AvgIpc) is 2.70. The van der Waals surface area contributed by atoms with Gasteiger partial charge in [0.2, 0.25) is 0 Å². The zero-order valence-corrected chi connectivity index (χ0v) is 15.5. The van der Waals surface area contributed by atoms with Crippen molar-refractivity contribution < 1.29 is 28.6 Å². The van der Waals surface area contributed by atoms with Crippen molar-refractivity contribution in [1.29, 1.82) is 0 Å². The molecule has 0 aromatic heterocycles. The van der Waals surface area contributed by atoms with Crippen LogP contribution in [0.25, 0.3) is 6.08 Å². The molecule has 1 saturated heterocycles. The summed E-state index contributed by atoms with van der Waals surface area (Å²) in [6.07, 6.45) is 1.36. The molecule has 8 heteroatoms. The van der Waals surface area contributed by atoms with Gasteiger partial charge in [0.15, 0.2) is 11.5 Å². The summed E-state index contributed by atoms with van der Waals surface area (Å²) in [7, 11) is 4.36. The average molecular weight is 382 g/mol. The smallest absolute Gasteiger partial charge is 0.336 e. The van der Waals surface area contributed by atoms with Crippen LogP contribution >= 0.6 is 0 Å². The molecule has 1 fully saturated rings. The topological polar surface area (TPSA) is 94.2 Å². The van der Waals surface area contributed by atoms with Gasteiger partial charge >= 0.3 is 6.03 Å². The molecule has 1 aliphatic heterocycles. The molecule has 0 unspecified atom stereocenters. The molecule has 144 valence electrons. The van der Waals surface area contributed by atoms with Crippen molar-refractivity contribution in [2.24, 2.45) is 0 Å². The first kappa shape index (κ1) is 19.0. The lowest BCUT2D eigenvalue weighted by atomic mass is 10.1. The van der Waals surface area contributed by atoms with Gasteiger partial charge in [0.25, 0.3) is 11.8 Å². The molecule has 0 aliphatic carbocycles. The van der Waals surface area contributed by atoms with E-state index in [1.807, 2.05) is 0 Å². The largest absolute Gasteiger partial charge is 0.495 e. The van der Waals surface area contributed by atoms with Crippen LogP contribution in [-0.4, -0.2) is 39.2 Å². The Morgan fingerprint density at radius 1 is 0.857 bits per heavy atom. The van der Waals surface area contributed by atoms with E-state index in [-0.39, 0.29) is 11.3 Å². The van der Waals surface area contributed by atoms with Crippen LogP contribution < -0.4 is 24.4 Å². The van der Waals surface area contributed by atoms with Gasteiger partial charge in [0.05, 0.1) is 27.0 Å². The van der Waals surface area contributed by atoms with Crippen LogP contribution in [0, 0.1) is 0 Å². The first-order chi connectivity index (χ1) is 13.5. The van der Waals surface area contributed by atoms with E-state index < -0.39 is 17.8 Å². The van der Waals surface area contributed by atoms with Crippen molar-refractivity contribution in [2.75, 3.05) is 26.2 Å². The van der Waals surface area contributed by atoms with E-state index in [9.17, 15) is 14.4 Å². The minimum Gasteiger partial charge on any atom is -0.495 e. The molecule has 2 aromatic rings. The van der Waals surface area contributed by atoms with Gasteiger partial charge in [-0.1, -0.05) is 24.3 Å². The molecule has 28 heavy (non-hydrogen) atoms. The number of nitrogens with zero attached hydrogens (tertiary/aromatic N) is 1. The van der Waals surface area contributed by atoms with Crippen LogP contribution in [-0.2, 0) is 9.59 Å². The van der Waals surface area contributed by atoms with E-state index in [1.54, 1.807) is 42.5 Å². The third-order valence-electron chi connectivity index (χ3n) is 4.16. The lowest BCUT2D eigenvalue weighted by Crippen LogP contribution is -2.54. The molecule has 0 saturated carbocycles. The van der Waals surface area contributed by atoms with Gasteiger partial charge < -0.3 is 14.2 Å². The Balaban J connectivity index is 2.10. The Hall–Kier alpha value is -3.81. The molecule has 0 bridgehead atoms. The van der Waals surface area contributed by atoms with Crippen molar-refractivity contribution in [3.63, 3.8) is 0 Å². The SMILES string of the molecule is COc1ccccc1N1C(=O)NC(=O)/C(=C\c2cccc(OC)c2OC)C1=O. The molecule has 1 heterocycles. The summed E-state index contributed by atoms with van der Waals surface area (Å²) in [5.74, 6) is -0.454. The summed E-state index contributed by atoms with van der Waals surface area (Å²) < 4.78 is 15.8. The minimum atomic E-state index is -0.853. The fraction of sp³-hybridized carbons (Fsp3) is 0.150. The molecule has 0 spiro atoms. The van der Waals surface area contributed by atoms with E-state index in [1.165, 1.54) is 27.4 Å². The van der Waals surface area contributed by atoms with Gasteiger partial charge in [-0.3, -0.25) is 14.9 Å². The van der Waals surface area contributed by atoms with E-state index >= 15 is 0 Å². The first-order valence-electron chi connectivity index (χ1n) is 8.27. The van der Waals surface area contributed by atoms with Gasteiger partial charge in [-0.2, -0.15) is 0 Å². The Kier molecular flexibility index (Phi) is 5.30. The van der Waals surface area contributed by atoms with Crippen LogP contribution in [0.3, 0.4) is 0 Å². The van der Waals surface area contributed by atoms with Crippen molar-refractivity contribution in [1.82, 2.24) is 5.32 Å². The lowest BCUT2D eigenvalue weighted by Gasteiger charge is -2.27. The monoisotopic (exact) mass is 382 g/mol. The zero-order valence-electron chi connectivity index (χ0n) is 15.5. The summed E-state index contributed by atoms with van der Waals surface area (Å²) >= 11 is 0. The second kappa shape index (κ2) is 7.83. The number of carbonyl (C=O) groups excluding carboxylic acids is 3. The predicted molar refractivity (Wildman–Crippen MR) is 102 cm³/mol. The van der Waals surface area contributed by atoms with Gasteiger partial charge in [-0.25, -0.2) is 9.69 Å². The Bertz CT molecular complexity index is 982. The second-order valence-corrected chi connectivity index (χ2v) is 5.71. The van der Waals surface area contributed by atoms with E-state index in [4.69, 9.17) is 14.2 Å². The third kappa shape index (κ3) is 3.27. The summed E-state index contributed by atoms with van der Waals surface area (Å²) in [4.78, 5) is 38.6. The summed E-state index contributed by atoms with van der Waals surface area (Å²) in [5.41, 5.74) is 0.454. The van der Waals surface area contributed by atoms with Crippen LogP contribution in [0.4, 0.5) is 10.5 Å². The third-order valence-corrected chi connectivity index (χ3v) is 4.16. The number of anilines is 1. The molecule has 1 N–H and O–H groups in total. The Labute approximate surface area is 161 Å². The number of para-hydroxylation sites is 3. The number of methoxy groups -OCH3 is 3. The quantitative estimate of drug-likeness (QED) is 0.630. The van der Waals surface area contributed by atoms with Crippen molar-refractivity contribution >= 4 is 29.6 Å². The molecular formula is C20H18N2O6.